The topological polar surface area (TPSA) is 228 Å². The molecule has 0 radical (unpaired) electrons. The van der Waals surface area contributed by atoms with E-state index in [0.717, 1.165) is 36.2 Å². The summed E-state index contributed by atoms with van der Waals surface area (Å²) in [5, 5.41) is 13.2. The summed E-state index contributed by atoms with van der Waals surface area (Å²) in [6.07, 6.45) is 11.1. The summed E-state index contributed by atoms with van der Waals surface area (Å²) in [6, 6.07) is 12.4. The Labute approximate surface area is 453 Å². The summed E-state index contributed by atoms with van der Waals surface area (Å²) in [5.74, 6) is -0.525. The Morgan fingerprint density at radius 1 is 0.886 bits per heavy atom. The van der Waals surface area contributed by atoms with E-state index in [1.165, 1.54) is 6.07 Å². The van der Waals surface area contributed by atoms with Crippen LogP contribution in [0.5, 0.6) is 6.01 Å². The number of hydrogen-bond acceptors (Lipinski definition) is 17. The van der Waals surface area contributed by atoms with Crippen LogP contribution in [0.4, 0.5) is 25.1 Å². The van der Waals surface area contributed by atoms with Gasteiger partial charge in [-0.05, 0) is 68.2 Å². The number of terminal acetylenes is 1. The third kappa shape index (κ3) is 10.9. The molecule has 3 aromatic carbocycles. The quantitative estimate of drug-likeness (QED) is 0.0332. The molecule has 5 fully saturated rings. The standard InChI is InChI=1S/C57H60F2N10O10/c1-3-39-44(58)12-7-34-5-4-6-41(47(34)39)49-48(59)50-43(27-62-49)51(67-29-36-8-9-37(30-67)63-36)66-55(65-50)79-32-57-16-15-38(68(57)28-33(2)26-57)31-78-56(74)61-18-20-76-22-24-77-23-21-75-19-17-60-35-10-11-40-42(25-35)54(73)69(53(40)72)45-13-14-46(70)64-52(45)71/h1,4-7,10-12,25,27,36-38,45,60,63H,2,8-9,13-24,26,28-32H2,(H,61,74)(H,64,70,71)/t36?,37?,38-,45?,57-/m0/s1. The predicted molar refractivity (Wildman–Crippen MR) is 285 cm³/mol. The SMILES string of the molecule is C#Cc1c(F)ccc2cccc(-c3ncc4c(N5CC6CCC(C5)N6)nc(OC[C@@]56CC[C@@H](COC(=O)NCCOCCOCCOCCNc7ccc8c(c7)C(=O)N(C7CCC(=O)NC7=O)C8=O)N5CC(=C)C6)nc4c3F)c12. The van der Waals surface area contributed by atoms with Crippen LogP contribution in [0.25, 0.3) is 32.9 Å². The van der Waals surface area contributed by atoms with E-state index in [2.05, 4.69) is 48.6 Å². The van der Waals surface area contributed by atoms with E-state index in [0.29, 0.717) is 98.9 Å². The van der Waals surface area contributed by atoms with Crippen LogP contribution < -0.4 is 30.9 Å². The van der Waals surface area contributed by atoms with E-state index in [-0.39, 0.29) is 91.2 Å². The highest BCUT2D eigenvalue weighted by molar-refractivity contribution is 6.23. The minimum Gasteiger partial charge on any atom is -0.461 e. The summed E-state index contributed by atoms with van der Waals surface area (Å²) < 4.78 is 61.3. The molecule has 20 nitrogen and oxygen atoms in total. The van der Waals surface area contributed by atoms with Crippen LogP contribution in [0.1, 0.15) is 71.2 Å². The number of pyridine rings is 1. The summed E-state index contributed by atoms with van der Waals surface area (Å²) in [4.78, 5) is 82.4. The minimum atomic E-state index is -1.02. The first kappa shape index (κ1) is 53.3. The molecule has 22 heteroatoms. The molecule has 6 aliphatic rings. The number of alkyl carbamates (subject to hydrolysis) is 1. The summed E-state index contributed by atoms with van der Waals surface area (Å²) in [6.45, 7) is 9.14. The average molecular weight is 1080 g/mol. The molecule has 2 bridgehead atoms. The van der Waals surface area contributed by atoms with Crippen molar-refractivity contribution in [1.29, 1.82) is 0 Å². The number of nitrogens with zero attached hydrogens (tertiary/aromatic N) is 6. The molecule has 79 heavy (non-hydrogen) atoms. The number of hydrogen-bond donors (Lipinski definition) is 4. The number of piperazine rings is 1. The lowest BCUT2D eigenvalue weighted by atomic mass is 9.94. The average Bonchev–Trinajstić information content (AvgIpc) is 4.34. The smallest absolute Gasteiger partial charge is 0.407 e. The highest BCUT2D eigenvalue weighted by Gasteiger charge is 2.52. The number of fused-ring (bicyclic) bond motifs is 6. The van der Waals surface area contributed by atoms with E-state index in [9.17, 15) is 24.0 Å². The molecule has 6 aliphatic heterocycles. The third-order valence-electron chi connectivity index (χ3n) is 15.7. The molecule has 0 aliphatic carbocycles. The van der Waals surface area contributed by atoms with Crippen LogP contribution in [0.15, 0.2) is 66.9 Å². The molecule has 5 aromatic rings. The maximum Gasteiger partial charge on any atom is 0.407 e. The molecule has 4 N–H and O–H groups in total. The Kier molecular flexibility index (Phi) is 15.5. The van der Waals surface area contributed by atoms with Gasteiger partial charge in [0, 0.05) is 80.1 Å². The number of nitrogens with one attached hydrogen (secondary N) is 4. The monoisotopic (exact) mass is 1080 g/mol. The summed E-state index contributed by atoms with van der Waals surface area (Å²) >= 11 is 0. The second-order valence-electron chi connectivity index (χ2n) is 20.8. The van der Waals surface area contributed by atoms with E-state index in [4.69, 9.17) is 40.1 Å². The van der Waals surface area contributed by atoms with Gasteiger partial charge in [0.2, 0.25) is 11.8 Å². The molecule has 11 rings (SSSR count). The molecule has 5 amide bonds. The van der Waals surface area contributed by atoms with Crippen LogP contribution in [-0.4, -0.2) is 170 Å². The largest absolute Gasteiger partial charge is 0.461 e. The number of rotatable bonds is 21. The van der Waals surface area contributed by atoms with Crippen molar-refractivity contribution < 1.29 is 56.4 Å². The van der Waals surface area contributed by atoms with Gasteiger partial charge in [-0.15, -0.1) is 6.42 Å². The summed E-state index contributed by atoms with van der Waals surface area (Å²) in [7, 11) is 0. The molecule has 5 saturated heterocycles. The van der Waals surface area contributed by atoms with Crippen molar-refractivity contribution in [1.82, 2.24) is 40.7 Å². The van der Waals surface area contributed by atoms with E-state index >= 15 is 8.78 Å². The number of piperidine rings is 1. The highest BCUT2D eigenvalue weighted by Crippen LogP contribution is 2.45. The molecule has 0 spiro atoms. The summed E-state index contributed by atoms with van der Waals surface area (Å²) in [5.41, 5.74) is 1.94. The molecule has 3 unspecified atom stereocenters. The predicted octanol–water partition coefficient (Wildman–Crippen LogP) is 4.88. The van der Waals surface area contributed by atoms with E-state index < -0.39 is 52.9 Å². The number of aromatic nitrogens is 3. The highest BCUT2D eigenvalue weighted by atomic mass is 19.1. The Morgan fingerprint density at radius 3 is 2.42 bits per heavy atom. The second-order valence-corrected chi connectivity index (χ2v) is 20.8. The van der Waals surface area contributed by atoms with Gasteiger partial charge in [0.15, 0.2) is 5.82 Å². The minimum absolute atomic E-state index is 0.0152. The zero-order chi connectivity index (χ0) is 54.8. The van der Waals surface area contributed by atoms with Crippen LogP contribution in [0.3, 0.4) is 0 Å². The Bertz CT molecular complexity index is 3290. The van der Waals surface area contributed by atoms with Crippen molar-refractivity contribution in [2.75, 3.05) is 95.8 Å². The van der Waals surface area contributed by atoms with Gasteiger partial charge in [-0.3, -0.25) is 39.3 Å². The molecule has 412 valence electrons. The number of ether oxygens (including phenoxy) is 5. The first-order valence-electron chi connectivity index (χ1n) is 26.7. The van der Waals surface area contributed by atoms with Crippen LogP contribution in [0.2, 0.25) is 0 Å². The number of imide groups is 2. The van der Waals surface area contributed by atoms with Gasteiger partial charge in [-0.1, -0.05) is 42.3 Å². The lowest BCUT2D eigenvalue weighted by molar-refractivity contribution is -0.136. The van der Waals surface area contributed by atoms with Gasteiger partial charge in [0.1, 0.15) is 42.1 Å². The van der Waals surface area contributed by atoms with Crippen molar-refractivity contribution >= 4 is 62.9 Å². The fourth-order valence-corrected chi connectivity index (χ4v) is 12.0. The van der Waals surface area contributed by atoms with Gasteiger partial charge in [-0.2, -0.15) is 9.97 Å². The maximum absolute atomic E-state index is 17.2. The van der Waals surface area contributed by atoms with Crippen molar-refractivity contribution in [3.05, 3.63) is 95.2 Å². The van der Waals surface area contributed by atoms with Crippen LogP contribution >= 0.6 is 0 Å². The van der Waals surface area contributed by atoms with Crippen molar-refractivity contribution in [3.8, 4) is 29.6 Å². The molecular formula is C57H60F2N10O10. The zero-order valence-corrected chi connectivity index (χ0v) is 43.5. The van der Waals surface area contributed by atoms with Gasteiger partial charge in [0.05, 0.1) is 67.3 Å². The van der Waals surface area contributed by atoms with Gasteiger partial charge >= 0.3 is 12.1 Å². The second kappa shape index (κ2) is 23.0. The maximum atomic E-state index is 17.2. The first-order valence-corrected chi connectivity index (χ1v) is 26.7. The zero-order valence-electron chi connectivity index (χ0n) is 43.5. The Hall–Kier alpha value is -7.68. The number of anilines is 2. The van der Waals surface area contributed by atoms with Gasteiger partial charge in [0.25, 0.3) is 11.8 Å². The normalized spacial score (nSPS) is 22.6. The molecular weight excluding hydrogens is 1020 g/mol. The molecule has 2 aromatic heterocycles. The Morgan fingerprint density at radius 2 is 1.65 bits per heavy atom. The fraction of sp³-hybridized carbons (Fsp3) is 0.439. The van der Waals surface area contributed by atoms with Crippen molar-refractivity contribution in [3.63, 3.8) is 0 Å². The molecule has 0 saturated carbocycles. The van der Waals surface area contributed by atoms with Crippen molar-refractivity contribution in [2.45, 2.75) is 74.7 Å². The third-order valence-corrected chi connectivity index (χ3v) is 15.7. The fourth-order valence-electron chi connectivity index (χ4n) is 12.0. The van der Waals surface area contributed by atoms with E-state index in [1.54, 1.807) is 48.7 Å². The number of benzene rings is 3. The number of halogens is 2. The van der Waals surface area contributed by atoms with Gasteiger partial charge in [-0.25, -0.2) is 13.6 Å². The molecule has 5 atom stereocenters. The van der Waals surface area contributed by atoms with E-state index in [1.807, 2.05) is 0 Å². The van der Waals surface area contributed by atoms with Crippen LogP contribution in [-0.2, 0) is 28.5 Å². The lowest BCUT2D eigenvalue weighted by Gasteiger charge is -2.35. The first-order chi connectivity index (χ1) is 38.4. The Balaban J connectivity index is 0.615. The van der Waals surface area contributed by atoms with Crippen LogP contribution in [0, 0.1) is 24.0 Å². The number of amides is 5. The van der Waals surface area contributed by atoms with Gasteiger partial charge < -0.3 is 44.5 Å². The molecule has 8 heterocycles. The van der Waals surface area contributed by atoms with Crippen molar-refractivity contribution in [2.24, 2.45) is 0 Å². The number of carbonyl (C=O) groups is 5. The number of carbonyl (C=O) groups excluding carboxylic acids is 5. The lowest BCUT2D eigenvalue weighted by Crippen LogP contribution is -2.54.